The predicted molar refractivity (Wildman–Crippen MR) is 102 cm³/mol. The van der Waals surface area contributed by atoms with E-state index in [0.29, 0.717) is 5.75 Å². The van der Waals surface area contributed by atoms with Crippen molar-refractivity contribution < 1.29 is 23.5 Å². The molecule has 0 aliphatic rings. The van der Waals surface area contributed by atoms with E-state index in [2.05, 4.69) is 5.32 Å². The summed E-state index contributed by atoms with van der Waals surface area (Å²) in [4.78, 5) is 23.6. The van der Waals surface area contributed by atoms with E-state index in [-0.39, 0.29) is 23.2 Å². The zero-order chi connectivity index (χ0) is 20.0. The van der Waals surface area contributed by atoms with Gasteiger partial charge in [-0.3, -0.25) is 4.79 Å². The molecule has 0 unspecified atom stereocenters. The summed E-state index contributed by atoms with van der Waals surface area (Å²) in [6.45, 7) is 5.08. The molecule has 0 spiro atoms. The van der Waals surface area contributed by atoms with Crippen LogP contribution in [0, 0.1) is 12.7 Å². The number of esters is 1. The monoisotopic (exact) mass is 393 g/mol. The van der Waals surface area contributed by atoms with Crippen LogP contribution in [-0.4, -0.2) is 25.1 Å². The van der Waals surface area contributed by atoms with Crippen LogP contribution in [0.2, 0.25) is 5.02 Å². The number of rotatable bonds is 7. The maximum absolute atomic E-state index is 13.6. The summed E-state index contributed by atoms with van der Waals surface area (Å²) in [6.07, 6.45) is 0. The van der Waals surface area contributed by atoms with Crippen molar-refractivity contribution in [3.63, 3.8) is 0 Å². The molecule has 0 radical (unpaired) electrons. The Morgan fingerprint density at radius 3 is 2.59 bits per heavy atom. The number of ether oxygens (including phenoxy) is 2. The van der Waals surface area contributed by atoms with Gasteiger partial charge in [0.1, 0.15) is 11.6 Å². The van der Waals surface area contributed by atoms with Gasteiger partial charge in [-0.2, -0.15) is 0 Å². The maximum Gasteiger partial charge on any atom is 0.344 e. The number of carbonyl (C=O) groups is 2. The first-order chi connectivity index (χ1) is 12.8. The van der Waals surface area contributed by atoms with Gasteiger partial charge in [0.05, 0.1) is 5.69 Å². The van der Waals surface area contributed by atoms with Gasteiger partial charge in [-0.25, -0.2) is 9.18 Å². The molecule has 2 aromatic rings. The second-order valence-corrected chi connectivity index (χ2v) is 6.75. The highest BCUT2D eigenvalue weighted by molar-refractivity contribution is 6.30. The number of hydrogen-bond donors (Lipinski definition) is 1. The first-order valence-electron chi connectivity index (χ1n) is 8.40. The minimum atomic E-state index is -0.701. The molecule has 0 saturated heterocycles. The molecule has 0 saturated carbocycles. The van der Waals surface area contributed by atoms with Crippen LogP contribution in [0.3, 0.4) is 0 Å². The lowest BCUT2D eigenvalue weighted by Crippen LogP contribution is -2.24. The molecule has 0 fully saturated rings. The second kappa shape index (κ2) is 9.37. The van der Waals surface area contributed by atoms with Crippen LogP contribution in [0.4, 0.5) is 10.1 Å². The smallest absolute Gasteiger partial charge is 0.344 e. The Labute approximate surface area is 162 Å². The molecule has 0 aromatic heterocycles. The number of aryl methyl sites for hydroxylation is 1. The SMILES string of the molecule is Cc1ccc(C(C)C)c(OCC(=O)OCC(=O)Nc2cc(Cl)ccc2F)c1. The fourth-order valence-electron chi connectivity index (χ4n) is 2.35. The first-order valence-corrected chi connectivity index (χ1v) is 8.78. The largest absolute Gasteiger partial charge is 0.482 e. The normalized spacial score (nSPS) is 10.6. The van der Waals surface area contributed by atoms with Crippen molar-refractivity contribution in [3.05, 3.63) is 58.4 Å². The van der Waals surface area contributed by atoms with E-state index in [0.717, 1.165) is 17.2 Å². The summed E-state index contributed by atoms with van der Waals surface area (Å²) in [6, 6.07) is 9.53. The zero-order valence-electron chi connectivity index (χ0n) is 15.3. The number of halogens is 2. The lowest BCUT2D eigenvalue weighted by atomic mass is 10.0. The molecule has 0 heterocycles. The van der Waals surface area contributed by atoms with E-state index in [1.165, 1.54) is 12.1 Å². The van der Waals surface area contributed by atoms with Crippen molar-refractivity contribution in [1.82, 2.24) is 0 Å². The highest BCUT2D eigenvalue weighted by Gasteiger charge is 2.13. The minimum absolute atomic E-state index is 0.0823. The van der Waals surface area contributed by atoms with Crippen LogP contribution in [0.15, 0.2) is 36.4 Å². The molecule has 0 aliphatic heterocycles. The van der Waals surface area contributed by atoms with E-state index >= 15 is 0 Å². The Hall–Kier alpha value is -2.60. The summed E-state index contributed by atoms with van der Waals surface area (Å²) in [5.41, 5.74) is 1.90. The molecule has 2 rings (SSSR count). The fourth-order valence-corrected chi connectivity index (χ4v) is 2.52. The average Bonchev–Trinajstić information content (AvgIpc) is 2.61. The van der Waals surface area contributed by atoms with Gasteiger partial charge in [-0.05, 0) is 48.2 Å². The molecule has 2 aromatic carbocycles. The summed E-state index contributed by atoms with van der Waals surface area (Å²) < 4.78 is 24.0. The van der Waals surface area contributed by atoms with E-state index in [9.17, 15) is 14.0 Å². The van der Waals surface area contributed by atoms with Crippen molar-refractivity contribution in [2.24, 2.45) is 0 Å². The van der Waals surface area contributed by atoms with E-state index in [1.807, 2.05) is 39.0 Å². The van der Waals surface area contributed by atoms with Gasteiger partial charge in [0.25, 0.3) is 5.91 Å². The van der Waals surface area contributed by atoms with Gasteiger partial charge in [-0.1, -0.05) is 37.6 Å². The highest BCUT2D eigenvalue weighted by atomic mass is 35.5. The van der Waals surface area contributed by atoms with Crippen LogP contribution < -0.4 is 10.1 Å². The molecular weight excluding hydrogens is 373 g/mol. The number of amides is 1. The minimum Gasteiger partial charge on any atom is -0.482 e. The van der Waals surface area contributed by atoms with E-state index in [4.69, 9.17) is 21.1 Å². The molecule has 5 nitrogen and oxygen atoms in total. The fraction of sp³-hybridized carbons (Fsp3) is 0.300. The molecule has 1 amide bonds. The van der Waals surface area contributed by atoms with Crippen LogP contribution in [0.1, 0.15) is 30.9 Å². The molecule has 0 atom stereocenters. The van der Waals surface area contributed by atoms with Crippen molar-refractivity contribution in [2.45, 2.75) is 26.7 Å². The van der Waals surface area contributed by atoms with Crippen molar-refractivity contribution in [3.8, 4) is 5.75 Å². The van der Waals surface area contributed by atoms with E-state index < -0.39 is 24.3 Å². The summed E-state index contributed by atoms with van der Waals surface area (Å²) in [7, 11) is 0. The van der Waals surface area contributed by atoms with Crippen molar-refractivity contribution >= 4 is 29.2 Å². The second-order valence-electron chi connectivity index (χ2n) is 6.32. The van der Waals surface area contributed by atoms with E-state index in [1.54, 1.807) is 0 Å². The number of hydrogen-bond acceptors (Lipinski definition) is 4. The van der Waals surface area contributed by atoms with Gasteiger partial charge in [-0.15, -0.1) is 0 Å². The van der Waals surface area contributed by atoms with Gasteiger partial charge in [0.15, 0.2) is 13.2 Å². The standard InChI is InChI=1S/C20H21ClFNO4/c1-12(2)15-6-4-13(3)8-18(15)26-11-20(25)27-10-19(24)23-17-9-14(21)5-7-16(17)22/h4-9,12H,10-11H2,1-3H3,(H,23,24). The molecule has 27 heavy (non-hydrogen) atoms. The molecule has 0 aliphatic carbocycles. The Morgan fingerprint density at radius 2 is 1.89 bits per heavy atom. The average molecular weight is 394 g/mol. The van der Waals surface area contributed by atoms with Gasteiger partial charge in [0, 0.05) is 5.02 Å². The molecule has 1 N–H and O–H groups in total. The van der Waals surface area contributed by atoms with Gasteiger partial charge < -0.3 is 14.8 Å². The third-order valence-electron chi connectivity index (χ3n) is 3.70. The van der Waals surface area contributed by atoms with Gasteiger partial charge in [0.2, 0.25) is 0 Å². The Morgan fingerprint density at radius 1 is 1.15 bits per heavy atom. The zero-order valence-corrected chi connectivity index (χ0v) is 16.1. The number of carbonyl (C=O) groups excluding carboxylic acids is 2. The quantitative estimate of drug-likeness (QED) is 0.705. The van der Waals surface area contributed by atoms with Crippen LogP contribution in [0.5, 0.6) is 5.75 Å². The number of nitrogens with one attached hydrogen (secondary N) is 1. The highest BCUT2D eigenvalue weighted by Crippen LogP contribution is 2.27. The summed E-state index contributed by atoms with van der Waals surface area (Å²) >= 11 is 5.75. The van der Waals surface area contributed by atoms with Crippen LogP contribution in [0.25, 0.3) is 0 Å². The van der Waals surface area contributed by atoms with Crippen LogP contribution in [-0.2, 0) is 14.3 Å². The topological polar surface area (TPSA) is 64.6 Å². The van der Waals surface area contributed by atoms with Gasteiger partial charge >= 0.3 is 5.97 Å². The Kier molecular flexibility index (Phi) is 7.19. The summed E-state index contributed by atoms with van der Waals surface area (Å²) in [5, 5.41) is 2.57. The number of benzene rings is 2. The summed E-state index contributed by atoms with van der Waals surface area (Å²) in [5.74, 6) is -1.18. The Balaban J connectivity index is 1.85. The third-order valence-corrected chi connectivity index (χ3v) is 3.94. The number of anilines is 1. The first kappa shape index (κ1) is 20.7. The molecule has 7 heteroatoms. The lowest BCUT2D eigenvalue weighted by molar-refractivity contribution is -0.149. The lowest BCUT2D eigenvalue weighted by Gasteiger charge is -2.14. The predicted octanol–water partition coefficient (Wildman–Crippen LogP) is 4.47. The molecule has 144 valence electrons. The maximum atomic E-state index is 13.6. The van der Waals surface area contributed by atoms with Crippen molar-refractivity contribution in [2.75, 3.05) is 18.5 Å². The Bertz CT molecular complexity index is 839. The molecule has 0 bridgehead atoms. The molecular formula is C20H21ClFNO4. The third kappa shape index (κ3) is 6.25. The van der Waals surface area contributed by atoms with Crippen LogP contribution >= 0.6 is 11.6 Å². The van der Waals surface area contributed by atoms with Crippen molar-refractivity contribution in [1.29, 1.82) is 0 Å².